The number of halogens is 1. The number of pyridine rings is 1. The first-order valence-corrected chi connectivity index (χ1v) is 9.07. The van der Waals surface area contributed by atoms with E-state index < -0.39 is 0 Å². The summed E-state index contributed by atoms with van der Waals surface area (Å²) in [5.74, 6) is 0.101. The molecule has 1 aliphatic rings. The van der Waals surface area contributed by atoms with Crippen molar-refractivity contribution in [2.75, 3.05) is 4.90 Å². The number of hydrogen-bond acceptors (Lipinski definition) is 4. The fourth-order valence-corrected chi connectivity index (χ4v) is 3.59. The van der Waals surface area contributed by atoms with Crippen LogP contribution in [0.2, 0.25) is 0 Å². The molecule has 0 unspecified atom stereocenters. The second-order valence-corrected chi connectivity index (χ2v) is 6.78. The second kappa shape index (κ2) is 7.26. The minimum Gasteiger partial charge on any atom is -0.288 e. The molecular formula is C20H20FN5O. The van der Waals surface area contributed by atoms with Crippen LogP contribution in [0.5, 0.6) is 0 Å². The Bertz CT molecular complexity index is 950. The average Bonchev–Trinajstić information content (AvgIpc) is 3.35. The molecule has 1 saturated carbocycles. The molecule has 2 heterocycles. The van der Waals surface area contributed by atoms with E-state index in [0.29, 0.717) is 11.5 Å². The molecule has 4 rings (SSSR count). The minimum atomic E-state index is -0.310. The lowest BCUT2D eigenvalue weighted by atomic mass is 10.2. The van der Waals surface area contributed by atoms with Gasteiger partial charge in [0.25, 0.3) is 5.91 Å². The van der Waals surface area contributed by atoms with Gasteiger partial charge in [-0.25, -0.2) is 14.1 Å². The average molecular weight is 365 g/mol. The molecule has 0 aliphatic heterocycles. The Morgan fingerprint density at radius 2 is 2.04 bits per heavy atom. The molecule has 0 N–H and O–H groups in total. The number of carbonyl (C=O) groups excluding carboxylic acids is 1. The van der Waals surface area contributed by atoms with Crippen LogP contribution in [0.1, 0.15) is 41.7 Å². The summed E-state index contributed by atoms with van der Waals surface area (Å²) in [6.07, 6.45) is 7.38. The van der Waals surface area contributed by atoms with E-state index in [-0.39, 0.29) is 23.5 Å². The molecule has 27 heavy (non-hydrogen) atoms. The number of aryl methyl sites for hydroxylation is 1. The highest BCUT2D eigenvalue weighted by atomic mass is 19.1. The van der Waals surface area contributed by atoms with E-state index >= 15 is 0 Å². The third kappa shape index (κ3) is 3.45. The monoisotopic (exact) mass is 365 g/mol. The van der Waals surface area contributed by atoms with Crippen LogP contribution >= 0.6 is 0 Å². The molecule has 0 atom stereocenters. The SMILES string of the molecule is Cc1cc(F)ccc1-n1cc(C(=O)N(c2ccccn2)C2CCCC2)nn1. The Hall–Kier alpha value is -3.09. The van der Waals surface area contributed by atoms with Gasteiger partial charge in [0.2, 0.25) is 0 Å². The first-order chi connectivity index (χ1) is 13.1. The number of benzene rings is 1. The third-order valence-electron chi connectivity index (χ3n) is 4.92. The highest BCUT2D eigenvalue weighted by Crippen LogP contribution is 2.28. The maximum atomic E-state index is 13.3. The van der Waals surface area contributed by atoms with Crippen molar-refractivity contribution >= 4 is 11.7 Å². The van der Waals surface area contributed by atoms with E-state index in [0.717, 1.165) is 31.2 Å². The minimum absolute atomic E-state index is 0.116. The van der Waals surface area contributed by atoms with Gasteiger partial charge in [0.05, 0.1) is 11.9 Å². The highest BCUT2D eigenvalue weighted by molar-refractivity contribution is 6.04. The summed E-state index contributed by atoms with van der Waals surface area (Å²) >= 11 is 0. The number of nitrogens with zero attached hydrogens (tertiary/aromatic N) is 5. The van der Waals surface area contributed by atoms with Gasteiger partial charge in [-0.3, -0.25) is 9.69 Å². The number of carbonyl (C=O) groups is 1. The molecule has 1 fully saturated rings. The fourth-order valence-electron chi connectivity index (χ4n) is 3.59. The molecule has 2 aromatic heterocycles. The lowest BCUT2D eigenvalue weighted by molar-refractivity contribution is 0.0971. The van der Waals surface area contributed by atoms with Gasteiger partial charge in [0.15, 0.2) is 5.69 Å². The normalized spacial score (nSPS) is 14.4. The maximum Gasteiger partial charge on any atom is 0.281 e. The van der Waals surface area contributed by atoms with Crippen molar-refractivity contribution in [2.24, 2.45) is 0 Å². The number of aromatic nitrogens is 4. The van der Waals surface area contributed by atoms with Crippen LogP contribution in [0.3, 0.4) is 0 Å². The van der Waals surface area contributed by atoms with Gasteiger partial charge in [-0.1, -0.05) is 24.1 Å². The lowest BCUT2D eigenvalue weighted by Gasteiger charge is -2.27. The summed E-state index contributed by atoms with van der Waals surface area (Å²) in [6, 6.07) is 10.1. The molecule has 138 valence electrons. The van der Waals surface area contributed by atoms with Crippen LogP contribution < -0.4 is 4.90 Å². The number of anilines is 1. The van der Waals surface area contributed by atoms with E-state index in [4.69, 9.17) is 0 Å². The molecule has 0 bridgehead atoms. The van der Waals surface area contributed by atoms with E-state index in [9.17, 15) is 9.18 Å². The molecule has 1 aliphatic carbocycles. The second-order valence-electron chi connectivity index (χ2n) is 6.78. The first-order valence-electron chi connectivity index (χ1n) is 9.07. The van der Waals surface area contributed by atoms with Crippen LogP contribution in [-0.4, -0.2) is 31.9 Å². The van der Waals surface area contributed by atoms with Crippen LogP contribution in [0, 0.1) is 12.7 Å². The first kappa shape index (κ1) is 17.3. The van der Waals surface area contributed by atoms with Crippen molar-refractivity contribution in [3.05, 3.63) is 65.9 Å². The predicted molar refractivity (Wildman–Crippen MR) is 99.4 cm³/mol. The summed E-state index contributed by atoms with van der Waals surface area (Å²) in [6.45, 7) is 1.79. The zero-order valence-electron chi connectivity index (χ0n) is 15.0. The van der Waals surface area contributed by atoms with Gasteiger partial charge in [-0.05, 0) is 55.7 Å². The van der Waals surface area contributed by atoms with E-state index in [1.165, 1.54) is 16.8 Å². The topological polar surface area (TPSA) is 63.9 Å². The maximum absolute atomic E-state index is 13.3. The summed E-state index contributed by atoms with van der Waals surface area (Å²) < 4.78 is 14.9. The van der Waals surface area contributed by atoms with Gasteiger partial charge in [0, 0.05) is 12.2 Å². The van der Waals surface area contributed by atoms with Crippen LogP contribution in [0.25, 0.3) is 5.69 Å². The number of hydrogen-bond donors (Lipinski definition) is 0. The van der Waals surface area contributed by atoms with Crippen molar-refractivity contribution in [1.82, 2.24) is 20.0 Å². The zero-order valence-corrected chi connectivity index (χ0v) is 15.0. The molecule has 7 heteroatoms. The highest BCUT2D eigenvalue weighted by Gasteiger charge is 2.31. The van der Waals surface area contributed by atoms with Crippen molar-refractivity contribution in [2.45, 2.75) is 38.6 Å². The third-order valence-corrected chi connectivity index (χ3v) is 4.92. The molecular weight excluding hydrogens is 345 g/mol. The predicted octanol–water partition coefficient (Wildman–Crippen LogP) is 3.70. The summed E-state index contributed by atoms with van der Waals surface area (Å²) in [4.78, 5) is 19.3. The quantitative estimate of drug-likeness (QED) is 0.707. The number of rotatable bonds is 4. The Morgan fingerprint density at radius 3 is 2.74 bits per heavy atom. The van der Waals surface area contributed by atoms with Crippen molar-refractivity contribution in [3.8, 4) is 5.69 Å². The summed E-state index contributed by atoms with van der Waals surface area (Å²) in [5.41, 5.74) is 1.65. The Kier molecular flexibility index (Phi) is 4.66. The van der Waals surface area contributed by atoms with E-state index in [1.807, 2.05) is 18.2 Å². The molecule has 6 nitrogen and oxygen atoms in total. The summed E-state index contributed by atoms with van der Waals surface area (Å²) in [7, 11) is 0. The smallest absolute Gasteiger partial charge is 0.281 e. The van der Waals surface area contributed by atoms with Crippen molar-refractivity contribution in [1.29, 1.82) is 0 Å². The molecule has 0 spiro atoms. The van der Waals surface area contributed by atoms with Crippen molar-refractivity contribution in [3.63, 3.8) is 0 Å². The number of amides is 1. The van der Waals surface area contributed by atoms with E-state index in [2.05, 4.69) is 15.3 Å². The Labute approximate surface area is 156 Å². The van der Waals surface area contributed by atoms with Crippen LogP contribution in [-0.2, 0) is 0 Å². The van der Waals surface area contributed by atoms with Crippen molar-refractivity contribution < 1.29 is 9.18 Å². The zero-order chi connectivity index (χ0) is 18.8. The molecule has 0 saturated heterocycles. The standard InChI is InChI=1S/C20H20FN5O/c1-14-12-15(21)9-10-18(14)25-13-17(23-24-25)20(27)26(16-6-2-3-7-16)19-8-4-5-11-22-19/h4-5,8-13,16H,2-3,6-7H2,1H3. The fraction of sp³-hybridized carbons (Fsp3) is 0.300. The van der Waals surface area contributed by atoms with Gasteiger partial charge < -0.3 is 0 Å². The Balaban J connectivity index is 1.67. The van der Waals surface area contributed by atoms with Gasteiger partial charge in [-0.15, -0.1) is 5.10 Å². The molecule has 1 aromatic carbocycles. The summed E-state index contributed by atoms with van der Waals surface area (Å²) in [5, 5.41) is 8.15. The Morgan fingerprint density at radius 1 is 1.22 bits per heavy atom. The van der Waals surface area contributed by atoms with Crippen LogP contribution in [0.15, 0.2) is 48.8 Å². The van der Waals surface area contributed by atoms with Gasteiger partial charge in [0.1, 0.15) is 11.6 Å². The molecule has 1 amide bonds. The lowest BCUT2D eigenvalue weighted by Crippen LogP contribution is -2.39. The van der Waals surface area contributed by atoms with Gasteiger partial charge in [-0.2, -0.15) is 0 Å². The van der Waals surface area contributed by atoms with Crippen LogP contribution in [0.4, 0.5) is 10.2 Å². The largest absolute Gasteiger partial charge is 0.288 e. The molecule has 0 radical (unpaired) electrons. The van der Waals surface area contributed by atoms with E-state index in [1.54, 1.807) is 30.3 Å². The molecule has 3 aromatic rings. The van der Waals surface area contributed by atoms with Gasteiger partial charge >= 0.3 is 0 Å².